The number of hydrogen-bond donors (Lipinski definition) is 3. The van der Waals surface area contributed by atoms with Crippen molar-refractivity contribution in [2.75, 3.05) is 5.73 Å². The number of nitrogen functional groups attached to an aromatic ring is 1. The molecule has 0 heterocycles. The van der Waals surface area contributed by atoms with Crippen molar-refractivity contribution in [2.24, 2.45) is 0 Å². The molecule has 102 valence electrons. The Morgan fingerprint density at radius 2 is 1.65 bits per heavy atom. The third-order valence-electron chi connectivity index (χ3n) is 2.60. The molecule has 0 bridgehead atoms. The molecule has 0 saturated carbocycles. The van der Waals surface area contributed by atoms with Gasteiger partial charge < -0.3 is 15.9 Å². The first kappa shape index (κ1) is 14.0. The monoisotopic (exact) mass is 289 g/mol. The fraction of sp³-hybridized carbons (Fsp3) is 0. The molecular weight excluding hydrogens is 278 g/mol. The molecule has 0 unspecified atom stereocenters. The van der Waals surface area contributed by atoms with Crippen molar-refractivity contribution in [3.05, 3.63) is 53.6 Å². The van der Waals surface area contributed by atoms with E-state index in [1.807, 2.05) is 0 Å². The second-order valence-corrected chi connectivity index (χ2v) is 5.04. The lowest BCUT2D eigenvalue weighted by Crippen LogP contribution is -2.00. The van der Waals surface area contributed by atoms with Crippen molar-refractivity contribution in [1.82, 2.24) is 0 Å². The van der Waals surface area contributed by atoms with E-state index in [-0.39, 0.29) is 11.1 Å². The molecule has 0 spiro atoms. The molecule has 0 radical (unpaired) electrons. The Morgan fingerprint density at radius 3 is 2.30 bits per heavy atom. The van der Waals surface area contributed by atoms with E-state index in [4.69, 9.17) is 15.9 Å². The summed E-state index contributed by atoms with van der Waals surface area (Å²) in [7, 11) is 0. The van der Waals surface area contributed by atoms with Crippen LogP contribution in [0.3, 0.4) is 0 Å². The minimum Gasteiger partial charge on any atom is -0.478 e. The highest BCUT2D eigenvalue weighted by molar-refractivity contribution is 7.99. The minimum atomic E-state index is -1.06. The quantitative estimate of drug-likeness (QED) is 0.748. The van der Waals surface area contributed by atoms with Crippen molar-refractivity contribution >= 4 is 29.4 Å². The van der Waals surface area contributed by atoms with Crippen molar-refractivity contribution in [2.45, 2.75) is 9.79 Å². The van der Waals surface area contributed by atoms with Crippen LogP contribution >= 0.6 is 11.8 Å². The normalized spacial score (nSPS) is 10.2. The van der Waals surface area contributed by atoms with E-state index in [1.165, 1.54) is 24.3 Å². The number of benzene rings is 2. The first-order chi connectivity index (χ1) is 9.49. The number of carbonyl (C=O) groups is 2. The van der Waals surface area contributed by atoms with Gasteiger partial charge in [-0.3, -0.25) is 0 Å². The average molecular weight is 289 g/mol. The van der Waals surface area contributed by atoms with Gasteiger partial charge in [0.15, 0.2) is 0 Å². The minimum absolute atomic E-state index is 0.106. The van der Waals surface area contributed by atoms with Gasteiger partial charge in [-0.15, -0.1) is 0 Å². The topological polar surface area (TPSA) is 101 Å². The lowest BCUT2D eigenvalue weighted by molar-refractivity contribution is 0.0683. The Hall–Kier alpha value is -2.47. The molecule has 5 nitrogen and oxygen atoms in total. The molecule has 4 N–H and O–H groups in total. The second-order valence-electron chi connectivity index (χ2n) is 3.96. The van der Waals surface area contributed by atoms with Crippen LogP contribution in [0, 0.1) is 0 Å². The zero-order valence-electron chi connectivity index (χ0n) is 10.2. The van der Waals surface area contributed by atoms with Crippen molar-refractivity contribution in [3.63, 3.8) is 0 Å². The van der Waals surface area contributed by atoms with Gasteiger partial charge in [0.25, 0.3) is 0 Å². The molecule has 6 heteroatoms. The van der Waals surface area contributed by atoms with E-state index in [1.54, 1.807) is 18.2 Å². The van der Waals surface area contributed by atoms with E-state index in [2.05, 4.69) is 0 Å². The van der Waals surface area contributed by atoms with Gasteiger partial charge in [0.1, 0.15) is 0 Å². The maximum absolute atomic E-state index is 11.1. The Bertz CT molecular complexity index is 685. The summed E-state index contributed by atoms with van der Waals surface area (Å²) >= 11 is 1.13. The van der Waals surface area contributed by atoms with Gasteiger partial charge in [0.2, 0.25) is 0 Å². The van der Waals surface area contributed by atoms with Gasteiger partial charge >= 0.3 is 11.9 Å². The number of nitrogens with two attached hydrogens (primary N) is 1. The summed E-state index contributed by atoms with van der Waals surface area (Å²) in [5, 5.41) is 18.1. The SMILES string of the molecule is Nc1ccc(C(=O)O)cc1Sc1ccccc1C(=O)O. The molecule has 0 aliphatic rings. The summed E-state index contributed by atoms with van der Waals surface area (Å²) in [6.45, 7) is 0. The summed E-state index contributed by atoms with van der Waals surface area (Å²) in [6.07, 6.45) is 0. The van der Waals surface area contributed by atoms with Crippen LogP contribution < -0.4 is 5.73 Å². The third-order valence-corrected chi connectivity index (χ3v) is 3.75. The average Bonchev–Trinajstić information content (AvgIpc) is 2.41. The fourth-order valence-corrected chi connectivity index (χ4v) is 2.63. The summed E-state index contributed by atoms with van der Waals surface area (Å²) < 4.78 is 0. The molecule has 0 atom stereocenters. The highest BCUT2D eigenvalue weighted by atomic mass is 32.2. The number of aromatic carboxylic acids is 2. The number of hydrogen-bond acceptors (Lipinski definition) is 4. The highest BCUT2D eigenvalue weighted by Gasteiger charge is 2.13. The zero-order valence-corrected chi connectivity index (χ0v) is 11.1. The van der Waals surface area contributed by atoms with Crippen LogP contribution in [0.2, 0.25) is 0 Å². The smallest absolute Gasteiger partial charge is 0.336 e. The Balaban J connectivity index is 2.42. The van der Waals surface area contributed by atoms with Crippen LogP contribution in [-0.4, -0.2) is 22.2 Å². The lowest BCUT2D eigenvalue weighted by Gasteiger charge is -2.08. The summed E-state index contributed by atoms with van der Waals surface area (Å²) in [5.41, 5.74) is 6.46. The molecule has 2 aromatic rings. The Morgan fingerprint density at radius 1 is 0.950 bits per heavy atom. The van der Waals surface area contributed by atoms with E-state index in [0.29, 0.717) is 15.5 Å². The first-order valence-corrected chi connectivity index (χ1v) is 6.43. The van der Waals surface area contributed by atoms with E-state index in [9.17, 15) is 9.59 Å². The molecule has 0 aliphatic carbocycles. The number of anilines is 1. The summed E-state index contributed by atoms with van der Waals surface area (Å²) in [5.74, 6) is -2.10. The van der Waals surface area contributed by atoms with E-state index in [0.717, 1.165) is 11.8 Å². The molecule has 2 aromatic carbocycles. The van der Waals surface area contributed by atoms with E-state index < -0.39 is 11.9 Å². The predicted molar refractivity (Wildman–Crippen MR) is 75.3 cm³/mol. The largest absolute Gasteiger partial charge is 0.478 e. The summed E-state index contributed by atoms with van der Waals surface area (Å²) in [4.78, 5) is 23.1. The van der Waals surface area contributed by atoms with Crippen LogP contribution in [0.4, 0.5) is 5.69 Å². The van der Waals surface area contributed by atoms with Gasteiger partial charge in [-0.2, -0.15) is 0 Å². The fourth-order valence-electron chi connectivity index (χ4n) is 1.61. The maximum atomic E-state index is 11.1. The number of rotatable bonds is 4. The molecule has 0 aliphatic heterocycles. The molecule has 0 saturated heterocycles. The second kappa shape index (κ2) is 5.66. The Kier molecular flexibility index (Phi) is 3.95. The van der Waals surface area contributed by atoms with Crippen molar-refractivity contribution in [1.29, 1.82) is 0 Å². The highest BCUT2D eigenvalue weighted by Crippen LogP contribution is 2.34. The van der Waals surface area contributed by atoms with Crippen molar-refractivity contribution in [3.8, 4) is 0 Å². The molecule has 0 aromatic heterocycles. The van der Waals surface area contributed by atoms with Crippen molar-refractivity contribution < 1.29 is 19.8 Å². The van der Waals surface area contributed by atoms with Gasteiger partial charge in [-0.1, -0.05) is 23.9 Å². The Labute approximate surface area is 119 Å². The van der Waals surface area contributed by atoms with Gasteiger partial charge in [-0.05, 0) is 30.3 Å². The number of carboxylic acid groups (broad SMARTS) is 2. The molecular formula is C14H11NO4S. The zero-order chi connectivity index (χ0) is 14.7. The van der Waals surface area contributed by atoms with Gasteiger partial charge in [0, 0.05) is 15.5 Å². The molecule has 2 rings (SSSR count). The molecule has 20 heavy (non-hydrogen) atoms. The predicted octanol–water partition coefficient (Wildman–Crippen LogP) is 2.82. The van der Waals surface area contributed by atoms with Crippen LogP contribution in [-0.2, 0) is 0 Å². The summed E-state index contributed by atoms with van der Waals surface area (Å²) in [6, 6.07) is 10.8. The molecule has 0 amide bonds. The van der Waals surface area contributed by atoms with Crippen LogP contribution in [0.15, 0.2) is 52.3 Å². The first-order valence-electron chi connectivity index (χ1n) is 5.62. The molecule has 0 fully saturated rings. The van der Waals surface area contributed by atoms with E-state index >= 15 is 0 Å². The standard InChI is InChI=1S/C14H11NO4S/c15-10-6-5-8(13(16)17)7-12(10)20-11-4-2-1-3-9(11)14(18)19/h1-7H,15H2,(H,16,17)(H,18,19). The van der Waals surface area contributed by atoms with Crippen LogP contribution in [0.25, 0.3) is 0 Å². The maximum Gasteiger partial charge on any atom is 0.336 e. The number of carboxylic acids is 2. The van der Waals surface area contributed by atoms with Gasteiger partial charge in [0.05, 0.1) is 11.1 Å². The third kappa shape index (κ3) is 2.92. The van der Waals surface area contributed by atoms with Gasteiger partial charge in [-0.25, -0.2) is 9.59 Å². The lowest BCUT2D eigenvalue weighted by atomic mass is 10.2. The van der Waals surface area contributed by atoms with Crippen LogP contribution in [0.1, 0.15) is 20.7 Å². The van der Waals surface area contributed by atoms with Crippen LogP contribution in [0.5, 0.6) is 0 Å².